The van der Waals surface area contributed by atoms with E-state index in [1.807, 2.05) is 6.08 Å². The van der Waals surface area contributed by atoms with Gasteiger partial charge in [-0.3, -0.25) is 9.59 Å². The summed E-state index contributed by atoms with van der Waals surface area (Å²) in [6, 6.07) is -2.61. The largest absolute Gasteiger partial charge is 0.477 e. The lowest BCUT2D eigenvalue weighted by Crippen LogP contribution is -2.70. The second kappa shape index (κ2) is 41.5. The van der Waals surface area contributed by atoms with Crippen molar-refractivity contribution in [2.24, 2.45) is 0 Å². The zero-order chi connectivity index (χ0) is 60.5. The van der Waals surface area contributed by atoms with Crippen LogP contribution in [-0.2, 0) is 42.8 Å². The SMILES string of the molecule is CCCCCCCCC/C=C/C(O)C(COC1OC(CO)C(OC2OC(CO)C(O)C(OC3(C(=O)O)CC(O)C(NC(C)=O)C(C(O)C(O)CO)O3)C2O)C(O)C1O)NC(=O)CCCCCCCCCCCCCCCCCCCCC. The highest BCUT2D eigenvalue weighted by Crippen LogP contribution is 2.38. The molecule has 0 aliphatic carbocycles. The molecule has 3 saturated heterocycles. The fourth-order valence-corrected chi connectivity index (χ4v) is 10.9. The van der Waals surface area contributed by atoms with Gasteiger partial charge < -0.3 is 100 Å². The van der Waals surface area contributed by atoms with Gasteiger partial charge in [0.2, 0.25) is 11.8 Å². The minimum absolute atomic E-state index is 0.204. The number of allylic oxidation sites excluding steroid dienone is 1. The maximum atomic E-state index is 13.3. The summed E-state index contributed by atoms with van der Waals surface area (Å²) < 4.78 is 34.6. The van der Waals surface area contributed by atoms with Crippen LogP contribution in [-0.4, -0.2) is 215 Å². The average molecular weight is 1180 g/mol. The summed E-state index contributed by atoms with van der Waals surface area (Å²) in [5, 5.41) is 135. The Hall–Kier alpha value is -2.53. The van der Waals surface area contributed by atoms with Crippen LogP contribution in [0.5, 0.6) is 0 Å². The number of hydrogen-bond donors (Lipinski definition) is 14. The van der Waals surface area contributed by atoms with Gasteiger partial charge in [-0.1, -0.05) is 180 Å². The van der Waals surface area contributed by atoms with Crippen molar-refractivity contribution in [2.45, 2.75) is 317 Å². The Balaban J connectivity index is 1.62. The Morgan fingerprint density at radius 1 is 0.634 bits per heavy atom. The van der Waals surface area contributed by atoms with Gasteiger partial charge in [0.1, 0.15) is 67.1 Å². The van der Waals surface area contributed by atoms with Crippen LogP contribution >= 0.6 is 0 Å². The average Bonchev–Trinajstić information content (AvgIpc) is 2.85. The number of amides is 2. The fraction of sp³-hybridized carbons (Fsp3) is 0.915. The molecule has 2 amide bonds. The Morgan fingerprint density at radius 3 is 1.62 bits per heavy atom. The topological polar surface area (TPSA) is 373 Å². The first kappa shape index (κ1) is 73.7. The van der Waals surface area contributed by atoms with Crippen molar-refractivity contribution in [3.63, 3.8) is 0 Å². The number of unbranched alkanes of at least 4 members (excludes halogenated alkanes) is 25. The molecule has 3 rings (SSSR count). The number of carbonyl (C=O) groups is 3. The molecule has 480 valence electrons. The highest BCUT2D eigenvalue weighted by atomic mass is 16.8. The summed E-state index contributed by atoms with van der Waals surface area (Å²) in [5.74, 6) is -6.14. The smallest absolute Gasteiger partial charge is 0.364 e. The molecule has 0 aromatic rings. The zero-order valence-corrected chi connectivity index (χ0v) is 49.3. The van der Waals surface area contributed by atoms with Gasteiger partial charge in [0.15, 0.2) is 12.6 Å². The number of hydrogen-bond acceptors (Lipinski definition) is 20. The van der Waals surface area contributed by atoms with Crippen molar-refractivity contribution in [3.8, 4) is 0 Å². The molecule has 3 aliphatic rings. The van der Waals surface area contributed by atoms with Crippen LogP contribution in [0.25, 0.3) is 0 Å². The van der Waals surface area contributed by atoms with Crippen molar-refractivity contribution < 1.29 is 104 Å². The molecule has 82 heavy (non-hydrogen) atoms. The van der Waals surface area contributed by atoms with Crippen molar-refractivity contribution >= 4 is 17.8 Å². The number of carboxylic acids is 1. The fourth-order valence-electron chi connectivity index (χ4n) is 10.9. The van der Waals surface area contributed by atoms with Gasteiger partial charge in [-0.15, -0.1) is 0 Å². The van der Waals surface area contributed by atoms with Crippen LogP contribution in [0.2, 0.25) is 0 Å². The van der Waals surface area contributed by atoms with Crippen molar-refractivity contribution in [3.05, 3.63) is 12.2 Å². The van der Waals surface area contributed by atoms with E-state index in [2.05, 4.69) is 24.5 Å². The molecule has 23 nitrogen and oxygen atoms in total. The normalized spacial score (nSPS) is 30.2. The molecule has 3 heterocycles. The van der Waals surface area contributed by atoms with Gasteiger partial charge in [0, 0.05) is 19.8 Å². The van der Waals surface area contributed by atoms with Gasteiger partial charge in [0.25, 0.3) is 5.79 Å². The number of aliphatic hydroxyl groups excluding tert-OH is 11. The van der Waals surface area contributed by atoms with E-state index in [9.17, 15) is 75.7 Å². The number of aliphatic carboxylic acids is 1. The molecule has 14 N–H and O–H groups in total. The van der Waals surface area contributed by atoms with Crippen molar-refractivity contribution in [2.75, 3.05) is 26.4 Å². The Bertz CT molecular complexity index is 1740. The second-order valence-corrected chi connectivity index (χ2v) is 22.9. The van der Waals surface area contributed by atoms with Crippen molar-refractivity contribution in [1.29, 1.82) is 0 Å². The third kappa shape index (κ3) is 25.4. The monoisotopic (exact) mass is 1180 g/mol. The lowest BCUT2D eigenvalue weighted by Gasteiger charge is -2.50. The number of rotatable bonds is 45. The van der Waals surface area contributed by atoms with E-state index in [4.69, 9.17) is 28.4 Å². The quantitative estimate of drug-likeness (QED) is 0.0307. The maximum absolute atomic E-state index is 13.3. The van der Waals surface area contributed by atoms with Gasteiger partial charge in [-0.05, 0) is 19.3 Å². The molecule has 0 bridgehead atoms. The minimum Gasteiger partial charge on any atom is -0.477 e. The van der Waals surface area contributed by atoms with Gasteiger partial charge in [-0.2, -0.15) is 0 Å². The molecule has 23 heteroatoms. The van der Waals surface area contributed by atoms with Crippen LogP contribution in [0.1, 0.15) is 207 Å². The molecule has 3 fully saturated rings. The molecule has 0 aromatic heterocycles. The first-order valence-electron chi connectivity index (χ1n) is 31.1. The molecule has 0 aromatic carbocycles. The van der Waals surface area contributed by atoms with E-state index in [1.165, 1.54) is 103 Å². The van der Waals surface area contributed by atoms with E-state index >= 15 is 0 Å². The summed E-state index contributed by atoms with van der Waals surface area (Å²) in [4.78, 5) is 38.3. The first-order chi connectivity index (χ1) is 39.4. The highest BCUT2D eigenvalue weighted by molar-refractivity contribution is 5.77. The summed E-state index contributed by atoms with van der Waals surface area (Å²) in [6.45, 7) is 2.07. The van der Waals surface area contributed by atoms with E-state index in [1.54, 1.807) is 6.08 Å². The molecular formula is C59H108N2O21. The Morgan fingerprint density at radius 2 is 1.13 bits per heavy atom. The van der Waals surface area contributed by atoms with Crippen LogP contribution < -0.4 is 10.6 Å². The number of carboxylic acid groups (broad SMARTS) is 1. The third-order valence-corrected chi connectivity index (χ3v) is 16.0. The number of carbonyl (C=O) groups excluding carboxylic acids is 2. The molecule has 18 atom stereocenters. The molecule has 0 spiro atoms. The zero-order valence-electron chi connectivity index (χ0n) is 49.3. The standard InChI is InChI=1S/C59H108N2O21/c1-4-6-8-10-12-14-15-16-17-18-19-20-21-22-23-25-27-29-31-33-46(69)61-40(41(66)32-30-28-26-24-13-11-9-7-5-2)38-77-56-51(73)50(72)53(45(37-64)79-56)80-57-52(74)55(49(71)44(36-63)78-57)82-59(58(75)76)34-42(67)47(60-39(3)65)54(81-59)48(70)43(68)35-62/h30,32,40-45,47-57,62-64,66-68,70-74H,4-29,31,33-38H2,1-3H3,(H,60,65)(H,61,69)(H,75,76)/b32-30+. The summed E-state index contributed by atoms with van der Waals surface area (Å²) in [7, 11) is 0. The van der Waals surface area contributed by atoms with Crippen LogP contribution in [0.15, 0.2) is 12.2 Å². The third-order valence-electron chi connectivity index (χ3n) is 16.0. The van der Waals surface area contributed by atoms with E-state index in [0.717, 1.165) is 64.7 Å². The lowest BCUT2D eigenvalue weighted by molar-refractivity contribution is -0.386. The molecule has 0 radical (unpaired) electrons. The number of aliphatic hydroxyl groups is 11. The number of ether oxygens (including phenoxy) is 6. The first-order valence-corrected chi connectivity index (χ1v) is 31.1. The van der Waals surface area contributed by atoms with E-state index < -0.39 is 155 Å². The summed E-state index contributed by atoms with van der Waals surface area (Å²) in [6.07, 6.45) is 5.88. The molecule has 18 unspecified atom stereocenters. The van der Waals surface area contributed by atoms with Crippen molar-refractivity contribution in [1.82, 2.24) is 10.6 Å². The van der Waals surface area contributed by atoms with Gasteiger partial charge in [-0.25, -0.2) is 4.79 Å². The highest BCUT2D eigenvalue weighted by Gasteiger charge is 2.60. The van der Waals surface area contributed by atoms with Gasteiger partial charge >= 0.3 is 5.97 Å². The van der Waals surface area contributed by atoms with E-state index in [-0.39, 0.29) is 12.3 Å². The molecule has 0 saturated carbocycles. The second-order valence-electron chi connectivity index (χ2n) is 22.9. The Labute approximate surface area is 486 Å². The summed E-state index contributed by atoms with van der Waals surface area (Å²) >= 11 is 0. The maximum Gasteiger partial charge on any atom is 0.364 e. The number of nitrogens with one attached hydrogen (secondary N) is 2. The summed E-state index contributed by atoms with van der Waals surface area (Å²) in [5.41, 5.74) is 0. The van der Waals surface area contributed by atoms with E-state index in [0.29, 0.717) is 12.8 Å². The Kier molecular flexibility index (Phi) is 37.4. The molecular weight excluding hydrogens is 1070 g/mol. The lowest BCUT2D eigenvalue weighted by atomic mass is 9.88. The predicted molar refractivity (Wildman–Crippen MR) is 301 cm³/mol. The minimum atomic E-state index is -3.08. The van der Waals surface area contributed by atoms with Crippen LogP contribution in [0, 0.1) is 0 Å². The van der Waals surface area contributed by atoms with Crippen LogP contribution in [0.3, 0.4) is 0 Å². The van der Waals surface area contributed by atoms with Crippen LogP contribution in [0.4, 0.5) is 0 Å². The molecule has 3 aliphatic heterocycles. The predicted octanol–water partition coefficient (Wildman–Crippen LogP) is 3.17. The van der Waals surface area contributed by atoms with Gasteiger partial charge in [0.05, 0.1) is 50.7 Å².